The average molecular weight is 290 g/mol. The summed E-state index contributed by atoms with van der Waals surface area (Å²) >= 11 is 0. The van der Waals surface area contributed by atoms with Crippen molar-refractivity contribution in [3.8, 4) is 0 Å². The fourth-order valence-corrected chi connectivity index (χ4v) is 1.84. The van der Waals surface area contributed by atoms with Crippen molar-refractivity contribution >= 4 is 11.6 Å². The summed E-state index contributed by atoms with van der Waals surface area (Å²) in [5.41, 5.74) is -1.28. The summed E-state index contributed by atoms with van der Waals surface area (Å²) in [5, 5.41) is 14.9. The molecule has 0 fully saturated rings. The standard InChI is InChI=1S/C13H17F3N2O2/c1-8(19)18-12-9(11(20)6-7-17-2)4-3-5-10(12)13(14,15)16/h3-5,11,17,20H,6-7H2,1-2H3,(H,18,19). The summed E-state index contributed by atoms with van der Waals surface area (Å²) in [4.78, 5) is 11.1. The fourth-order valence-electron chi connectivity index (χ4n) is 1.84. The second kappa shape index (κ2) is 6.71. The molecule has 1 amide bonds. The Labute approximate surface area is 115 Å². The number of carbonyl (C=O) groups excluding carboxylic acids is 1. The number of alkyl halides is 3. The number of hydrogen-bond acceptors (Lipinski definition) is 3. The maximum absolute atomic E-state index is 12.9. The molecule has 0 saturated carbocycles. The number of aliphatic hydroxyl groups is 1. The molecule has 0 aromatic heterocycles. The van der Waals surface area contributed by atoms with Gasteiger partial charge in [0.1, 0.15) is 0 Å². The van der Waals surface area contributed by atoms with Crippen molar-refractivity contribution in [2.45, 2.75) is 25.6 Å². The maximum atomic E-state index is 12.9. The third-order valence-electron chi connectivity index (χ3n) is 2.73. The van der Waals surface area contributed by atoms with E-state index in [-0.39, 0.29) is 17.7 Å². The molecule has 1 aromatic rings. The highest BCUT2D eigenvalue weighted by Crippen LogP contribution is 2.39. The lowest BCUT2D eigenvalue weighted by Crippen LogP contribution is -2.18. The van der Waals surface area contributed by atoms with Crippen LogP contribution in [-0.4, -0.2) is 24.6 Å². The minimum absolute atomic E-state index is 0.0604. The smallest absolute Gasteiger partial charge is 0.388 e. The number of nitrogens with one attached hydrogen (secondary N) is 2. The summed E-state index contributed by atoms with van der Waals surface area (Å²) in [6, 6.07) is 3.46. The molecule has 0 saturated heterocycles. The third-order valence-corrected chi connectivity index (χ3v) is 2.73. The first-order chi connectivity index (χ1) is 9.27. The first-order valence-electron chi connectivity index (χ1n) is 6.07. The number of para-hydroxylation sites is 1. The van der Waals surface area contributed by atoms with Gasteiger partial charge in [0.2, 0.25) is 5.91 Å². The van der Waals surface area contributed by atoms with Gasteiger partial charge in [0.25, 0.3) is 0 Å². The van der Waals surface area contributed by atoms with Gasteiger partial charge in [0, 0.05) is 12.5 Å². The number of rotatable bonds is 5. The second-order valence-corrected chi connectivity index (χ2v) is 4.36. The third kappa shape index (κ3) is 4.21. The van der Waals surface area contributed by atoms with Crippen LogP contribution >= 0.6 is 0 Å². The van der Waals surface area contributed by atoms with Gasteiger partial charge in [-0.25, -0.2) is 0 Å². The molecule has 3 N–H and O–H groups in total. The summed E-state index contributed by atoms with van der Waals surface area (Å²) in [5.74, 6) is -0.622. The highest BCUT2D eigenvalue weighted by molar-refractivity contribution is 5.90. The van der Waals surface area contributed by atoms with Crippen molar-refractivity contribution in [2.24, 2.45) is 0 Å². The summed E-state index contributed by atoms with van der Waals surface area (Å²) in [7, 11) is 1.67. The normalized spacial score (nSPS) is 13.1. The molecule has 1 rings (SSSR count). The van der Waals surface area contributed by atoms with Gasteiger partial charge in [-0.3, -0.25) is 4.79 Å². The lowest BCUT2D eigenvalue weighted by Gasteiger charge is -2.20. The predicted octanol–water partition coefficient (Wildman–Crippen LogP) is 2.31. The van der Waals surface area contributed by atoms with Crippen LogP contribution in [0.5, 0.6) is 0 Å². The SMILES string of the molecule is CNCCC(O)c1cccc(C(F)(F)F)c1NC(C)=O. The van der Waals surface area contributed by atoms with E-state index in [1.165, 1.54) is 12.1 Å². The van der Waals surface area contributed by atoms with Gasteiger partial charge in [0.15, 0.2) is 0 Å². The quantitative estimate of drug-likeness (QED) is 0.780. The van der Waals surface area contributed by atoms with E-state index in [1.807, 2.05) is 0 Å². The molecule has 0 aliphatic rings. The number of benzene rings is 1. The number of aliphatic hydroxyl groups excluding tert-OH is 1. The molecule has 20 heavy (non-hydrogen) atoms. The summed E-state index contributed by atoms with van der Waals surface area (Å²) < 4.78 is 38.8. The Morgan fingerprint density at radius 2 is 2.05 bits per heavy atom. The molecule has 0 spiro atoms. The van der Waals surface area contributed by atoms with Gasteiger partial charge in [-0.2, -0.15) is 13.2 Å². The fraction of sp³-hybridized carbons (Fsp3) is 0.462. The van der Waals surface area contributed by atoms with Crippen LogP contribution < -0.4 is 10.6 Å². The first kappa shape index (κ1) is 16.5. The Morgan fingerprint density at radius 3 is 2.55 bits per heavy atom. The van der Waals surface area contributed by atoms with E-state index in [0.717, 1.165) is 13.0 Å². The zero-order valence-electron chi connectivity index (χ0n) is 11.2. The van der Waals surface area contributed by atoms with Gasteiger partial charge in [-0.05, 0) is 26.1 Å². The van der Waals surface area contributed by atoms with Crippen LogP contribution in [0.2, 0.25) is 0 Å². The van der Waals surface area contributed by atoms with Crippen molar-refractivity contribution in [1.29, 1.82) is 0 Å². The van der Waals surface area contributed by atoms with Crippen molar-refractivity contribution in [2.75, 3.05) is 18.9 Å². The molecule has 0 bridgehead atoms. The largest absolute Gasteiger partial charge is 0.418 e. The Balaban J connectivity index is 3.25. The van der Waals surface area contributed by atoms with Crippen LogP contribution in [0.1, 0.15) is 30.6 Å². The van der Waals surface area contributed by atoms with Gasteiger partial charge in [0.05, 0.1) is 17.4 Å². The highest BCUT2D eigenvalue weighted by atomic mass is 19.4. The van der Waals surface area contributed by atoms with Crippen LogP contribution in [0.25, 0.3) is 0 Å². The molecule has 4 nitrogen and oxygen atoms in total. The van der Waals surface area contributed by atoms with E-state index >= 15 is 0 Å². The Morgan fingerprint density at radius 1 is 1.40 bits per heavy atom. The molecule has 0 radical (unpaired) electrons. The van der Waals surface area contributed by atoms with E-state index in [1.54, 1.807) is 7.05 Å². The van der Waals surface area contributed by atoms with Crippen LogP contribution in [-0.2, 0) is 11.0 Å². The molecule has 7 heteroatoms. The second-order valence-electron chi connectivity index (χ2n) is 4.36. The Kier molecular flexibility index (Phi) is 5.52. The van der Waals surface area contributed by atoms with Crippen LogP contribution in [0.4, 0.5) is 18.9 Å². The molecule has 1 aromatic carbocycles. The lowest BCUT2D eigenvalue weighted by atomic mass is 10.00. The molecular weight excluding hydrogens is 273 g/mol. The van der Waals surface area contributed by atoms with Gasteiger partial charge < -0.3 is 15.7 Å². The first-order valence-corrected chi connectivity index (χ1v) is 6.07. The minimum atomic E-state index is -4.60. The highest BCUT2D eigenvalue weighted by Gasteiger charge is 2.35. The van der Waals surface area contributed by atoms with Gasteiger partial charge >= 0.3 is 6.18 Å². The van der Waals surface area contributed by atoms with E-state index < -0.39 is 23.8 Å². The van der Waals surface area contributed by atoms with Gasteiger partial charge in [-0.1, -0.05) is 12.1 Å². The minimum Gasteiger partial charge on any atom is -0.388 e. The average Bonchev–Trinajstić information content (AvgIpc) is 2.34. The number of amides is 1. The van der Waals surface area contributed by atoms with E-state index in [9.17, 15) is 23.1 Å². The maximum Gasteiger partial charge on any atom is 0.418 e. The van der Waals surface area contributed by atoms with Crippen molar-refractivity contribution in [3.05, 3.63) is 29.3 Å². The zero-order chi connectivity index (χ0) is 15.3. The van der Waals surface area contributed by atoms with Gasteiger partial charge in [-0.15, -0.1) is 0 Å². The Bertz CT molecular complexity index is 475. The van der Waals surface area contributed by atoms with Crippen LogP contribution in [0, 0.1) is 0 Å². The topological polar surface area (TPSA) is 61.4 Å². The lowest BCUT2D eigenvalue weighted by molar-refractivity contribution is -0.137. The number of carbonyl (C=O) groups is 1. The van der Waals surface area contributed by atoms with E-state index in [2.05, 4.69) is 10.6 Å². The monoisotopic (exact) mass is 290 g/mol. The van der Waals surface area contributed by atoms with E-state index in [0.29, 0.717) is 6.54 Å². The number of hydrogen-bond donors (Lipinski definition) is 3. The van der Waals surface area contributed by atoms with Crippen molar-refractivity contribution < 1.29 is 23.1 Å². The summed E-state index contributed by atoms with van der Waals surface area (Å²) in [6.45, 7) is 1.56. The van der Waals surface area contributed by atoms with Crippen molar-refractivity contribution in [3.63, 3.8) is 0 Å². The van der Waals surface area contributed by atoms with Crippen molar-refractivity contribution in [1.82, 2.24) is 5.32 Å². The molecule has 112 valence electrons. The predicted molar refractivity (Wildman–Crippen MR) is 69.3 cm³/mol. The molecular formula is C13H17F3N2O2. The number of halogens is 3. The molecule has 0 aliphatic heterocycles. The van der Waals surface area contributed by atoms with Crippen LogP contribution in [0.15, 0.2) is 18.2 Å². The molecule has 0 aliphatic carbocycles. The van der Waals surface area contributed by atoms with Crippen LogP contribution in [0.3, 0.4) is 0 Å². The molecule has 1 atom stereocenters. The molecule has 1 unspecified atom stereocenters. The number of anilines is 1. The Hall–Kier alpha value is -1.60. The van der Waals surface area contributed by atoms with E-state index in [4.69, 9.17) is 0 Å². The molecule has 0 heterocycles. The summed E-state index contributed by atoms with van der Waals surface area (Å²) in [6.07, 6.45) is -5.45. The zero-order valence-corrected chi connectivity index (χ0v) is 11.2.